The summed E-state index contributed by atoms with van der Waals surface area (Å²) in [6.45, 7) is 4.51. The molecule has 0 radical (unpaired) electrons. The molecule has 126 valence electrons. The van der Waals surface area contributed by atoms with Gasteiger partial charge in [-0.1, -0.05) is 13.8 Å². The van der Waals surface area contributed by atoms with Gasteiger partial charge in [0.25, 0.3) is 0 Å². The molecule has 0 amide bonds. The molecule has 0 fully saturated rings. The first-order valence-corrected chi connectivity index (χ1v) is 9.43. The first-order chi connectivity index (χ1) is 11.5. The third kappa shape index (κ3) is 3.16. The lowest BCUT2D eigenvalue weighted by molar-refractivity contribution is 0.592. The van der Waals surface area contributed by atoms with Crippen LogP contribution in [-0.4, -0.2) is 32.2 Å². The molecule has 3 nitrogen and oxygen atoms in total. The van der Waals surface area contributed by atoms with E-state index in [2.05, 4.69) is 80.9 Å². The zero-order valence-electron chi connectivity index (χ0n) is 15.2. The Hall–Kier alpha value is -1.94. The molecule has 1 aliphatic carbocycles. The summed E-state index contributed by atoms with van der Waals surface area (Å²) in [5, 5.41) is 1.21. The van der Waals surface area contributed by atoms with Crippen molar-refractivity contribution in [2.75, 3.05) is 26.0 Å². The van der Waals surface area contributed by atoms with E-state index in [-0.39, 0.29) is 0 Å². The summed E-state index contributed by atoms with van der Waals surface area (Å²) >= 11 is 1.83. The summed E-state index contributed by atoms with van der Waals surface area (Å²) in [7, 11) is 6.34. The molecule has 1 aromatic carbocycles. The highest BCUT2D eigenvalue weighted by molar-refractivity contribution is 7.21. The number of hydrogen-bond donors (Lipinski definition) is 0. The van der Waals surface area contributed by atoms with Gasteiger partial charge in [0.1, 0.15) is 14.1 Å². The minimum atomic E-state index is 0.584. The number of fused-ring (bicyclic) bond motifs is 2. The zero-order chi connectivity index (χ0) is 17.3. The maximum absolute atomic E-state index is 4.84. The fourth-order valence-electron chi connectivity index (χ4n) is 3.15. The molecule has 4 heteroatoms. The molecule has 0 saturated heterocycles. The number of rotatable bonds is 4. The molecule has 0 aromatic heterocycles. The Morgan fingerprint density at radius 3 is 2.50 bits per heavy atom. The van der Waals surface area contributed by atoms with Crippen molar-refractivity contribution >= 4 is 27.2 Å². The monoisotopic (exact) mass is 340 g/mol. The molecule has 1 aliphatic heterocycles. The van der Waals surface area contributed by atoms with Gasteiger partial charge in [-0.3, -0.25) is 0 Å². The van der Waals surface area contributed by atoms with E-state index < -0.39 is 0 Å². The summed E-state index contributed by atoms with van der Waals surface area (Å²) in [4.78, 5) is 8.47. The van der Waals surface area contributed by atoms with Crippen molar-refractivity contribution < 1.29 is 0 Å². The van der Waals surface area contributed by atoms with Gasteiger partial charge in [0.05, 0.1) is 20.8 Å². The van der Waals surface area contributed by atoms with Crippen LogP contribution in [0.2, 0.25) is 0 Å². The van der Waals surface area contributed by atoms with Crippen LogP contribution in [0.3, 0.4) is 0 Å². The van der Waals surface area contributed by atoms with E-state index in [0.29, 0.717) is 6.04 Å². The van der Waals surface area contributed by atoms with Crippen LogP contribution in [0, 0.1) is 0 Å². The van der Waals surface area contributed by atoms with Crippen LogP contribution in [0.25, 0.3) is 20.8 Å². The first kappa shape index (κ1) is 16.9. The number of hydrogen-bond acceptors (Lipinski definition) is 3. The molecular formula is C20H26N3S+. The zero-order valence-corrected chi connectivity index (χ0v) is 16.0. The molecule has 1 aromatic rings. The predicted octanol–water partition coefficient (Wildman–Crippen LogP) is 4.06. The molecule has 0 saturated carbocycles. The summed E-state index contributed by atoms with van der Waals surface area (Å²) in [6, 6.07) is 13.7. The Kier molecular flexibility index (Phi) is 4.86. The number of anilines is 1. The first-order valence-electron chi connectivity index (χ1n) is 8.61. The van der Waals surface area contributed by atoms with E-state index in [0.717, 1.165) is 24.1 Å². The Morgan fingerprint density at radius 1 is 1.08 bits per heavy atom. The second-order valence-corrected chi connectivity index (χ2v) is 7.58. The third-order valence-electron chi connectivity index (χ3n) is 4.76. The number of nitrogens with zero attached hydrogens (tertiary/aromatic N) is 3. The highest BCUT2D eigenvalue weighted by Crippen LogP contribution is 2.32. The summed E-state index contributed by atoms with van der Waals surface area (Å²) in [5.74, 6) is 0. The molecular weight excluding hydrogens is 314 g/mol. The van der Waals surface area contributed by atoms with Crippen LogP contribution in [0.4, 0.5) is 5.69 Å². The van der Waals surface area contributed by atoms with E-state index in [1.807, 2.05) is 11.3 Å². The van der Waals surface area contributed by atoms with Crippen molar-refractivity contribution in [3.8, 4) is 10.6 Å². The Labute approximate surface area is 148 Å². The third-order valence-corrected chi connectivity index (χ3v) is 5.86. The van der Waals surface area contributed by atoms with Crippen LogP contribution >= 0.6 is 11.3 Å². The second kappa shape index (κ2) is 6.89. The lowest BCUT2D eigenvalue weighted by atomic mass is 10.1. The van der Waals surface area contributed by atoms with Gasteiger partial charge in [0.15, 0.2) is 0 Å². The molecule has 0 N–H and O–H groups in total. The van der Waals surface area contributed by atoms with Gasteiger partial charge < -0.3 is 4.90 Å². The van der Waals surface area contributed by atoms with E-state index in [9.17, 15) is 0 Å². The normalized spacial score (nSPS) is 11.4. The predicted molar refractivity (Wildman–Crippen MR) is 106 cm³/mol. The second-order valence-electron chi connectivity index (χ2n) is 6.49. The lowest BCUT2D eigenvalue weighted by Gasteiger charge is -2.28. The summed E-state index contributed by atoms with van der Waals surface area (Å²) in [5.41, 5.74) is 3.42. The summed E-state index contributed by atoms with van der Waals surface area (Å²) in [6.07, 6.45) is 2.33. The highest BCUT2D eigenvalue weighted by atomic mass is 32.1. The molecule has 0 spiro atoms. The van der Waals surface area contributed by atoms with Crippen LogP contribution in [0.15, 0.2) is 36.4 Å². The van der Waals surface area contributed by atoms with E-state index in [1.54, 1.807) is 0 Å². The van der Waals surface area contributed by atoms with E-state index >= 15 is 0 Å². The molecule has 0 bridgehead atoms. The molecule has 24 heavy (non-hydrogen) atoms. The van der Waals surface area contributed by atoms with Gasteiger partial charge in [-0.2, -0.15) is 0 Å². The highest BCUT2D eigenvalue weighted by Gasteiger charge is 2.13. The van der Waals surface area contributed by atoms with Crippen LogP contribution in [0.1, 0.15) is 26.7 Å². The minimum Gasteiger partial charge on any atom is -0.372 e. The van der Waals surface area contributed by atoms with Crippen molar-refractivity contribution in [3.63, 3.8) is 0 Å². The molecule has 0 unspecified atom stereocenters. The standard InChI is InChI=1S/C20H26N3S/c1-6-14(7-2)23(5)16-9-11-18-20(13-16)24-19-12-15(22(3)4)8-10-17(19)21-18/h8-14H,6-7H2,1-5H3/q+1. The van der Waals surface area contributed by atoms with Crippen molar-refractivity contribution in [2.45, 2.75) is 32.7 Å². The van der Waals surface area contributed by atoms with Crippen LogP contribution in [0.5, 0.6) is 0 Å². The average Bonchev–Trinajstić information content (AvgIpc) is 2.59. The average molecular weight is 341 g/mol. The molecule has 0 atom stereocenters. The SMILES string of the molecule is CCC(CC)N(C)c1ccc2nc3ccc(=[N+](C)C)cc-3sc2c1. The van der Waals surface area contributed by atoms with E-state index in [4.69, 9.17) is 4.98 Å². The quantitative estimate of drug-likeness (QED) is 0.527. The van der Waals surface area contributed by atoms with Crippen molar-refractivity contribution in [1.29, 1.82) is 0 Å². The Balaban J connectivity index is 2.13. The lowest BCUT2D eigenvalue weighted by Crippen LogP contribution is -2.30. The van der Waals surface area contributed by atoms with Crippen molar-refractivity contribution in [2.24, 2.45) is 0 Å². The van der Waals surface area contributed by atoms with Gasteiger partial charge in [0, 0.05) is 30.9 Å². The van der Waals surface area contributed by atoms with Gasteiger partial charge in [0.2, 0.25) is 5.36 Å². The van der Waals surface area contributed by atoms with Gasteiger partial charge >= 0.3 is 0 Å². The van der Waals surface area contributed by atoms with Crippen molar-refractivity contribution in [3.05, 3.63) is 41.8 Å². The van der Waals surface area contributed by atoms with Gasteiger partial charge in [-0.25, -0.2) is 9.56 Å². The number of benzene rings is 2. The van der Waals surface area contributed by atoms with E-state index in [1.165, 1.54) is 20.6 Å². The molecule has 1 heterocycles. The topological polar surface area (TPSA) is 19.1 Å². The maximum atomic E-state index is 4.84. The largest absolute Gasteiger partial charge is 0.372 e. The number of aromatic nitrogens is 1. The van der Waals surface area contributed by atoms with Crippen LogP contribution < -0.4 is 14.8 Å². The Bertz CT molecular complexity index is 889. The molecule has 2 aliphatic rings. The van der Waals surface area contributed by atoms with Crippen molar-refractivity contribution in [1.82, 2.24) is 9.56 Å². The Morgan fingerprint density at radius 2 is 1.83 bits per heavy atom. The smallest absolute Gasteiger partial charge is 0.201 e. The fourth-order valence-corrected chi connectivity index (χ4v) is 4.18. The summed E-state index contributed by atoms with van der Waals surface area (Å²) < 4.78 is 3.38. The maximum Gasteiger partial charge on any atom is 0.201 e. The van der Waals surface area contributed by atoms with Gasteiger partial charge in [-0.05, 0) is 37.1 Å². The fraction of sp³-hybridized carbons (Fsp3) is 0.400. The minimum absolute atomic E-state index is 0.584. The molecule has 3 rings (SSSR count). The van der Waals surface area contributed by atoms with Crippen LogP contribution in [-0.2, 0) is 0 Å². The van der Waals surface area contributed by atoms with Gasteiger partial charge in [-0.15, -0.1) is 11.3 Å².